The molecular formula is C15H15ClN2O2. The summed E-state index contributed by atoms with van der Waals surface area (Å²) in [6, 6.07) is 7.17. The summed E-state index contributed by atoms with van der Waals surface area (Å²) < 4.78 is 0. The molecule has 104 valence electrons. The Morgan fingerprint density at radius 3 is 2.15 bits per heavy atom. The smallest absolute Gasteiger partial charge is 0.234 e. The van der Waals surface area contributed by atoms with Crippen molar-refractivity contribution in [1.82, 2.24) is 4.90 Å². The third kappa shape index (κ3) is 2.31. The van der Waals surface area contributed by atoms with E-state index in [2.05, 4.69) is 5.32 Å². The first-order chi connectivity index (χ1) is 9.66. The molecule has 0 saturated carbocycles. The number of benzene rings is 1. The Morgan fingerprint density at radius 1 is 1.05 bits per heavy atom. The van der Waals surface area contributed by atoms with Crippen LogP contribution in [-0.4, -0.2) is 23.4 Å². The Hall–Kier alpha value is -1.81. The molecule has 2 atom stereocenters. The van der Waals surface area contributed by atoms with Crippen molar-refractivity contribution in [3.05, 3.63) is 41.4 Å². The number of anilines is 1. The summed E-state index contributed by atoms with van der Waals surface area (Å²) in [5, 5.41) is 3.74. The van der Waals surface area contributed by atoms with Crippen LogP contribution < -0.4 is 5.32 Å². The number of likely N-dealkylation sites (tertiary alicyclic amines) is 1. The fraction of sp³-hybridized carbons (Fsp3) is 0.333. The first-order valence-corrected chi connectivity index (χ1v) is 7.04. The average molecular weight is 291 g/mol. The van der Waals surface area contributed by atoms with E-state index in [1.807, 2.05) is 24.3 Å². The number of nitrogens with one attached hydrogen (secondary N) is 1. The molecule has 1 fully saturated rings. The lowest BCUT2D eigenvalue weighted by Crippen LogP contribution is -2.35. The van der Waals surface area contributed by atoms with Crippen LogP contribution in [0.3, 0.4) is 0 Å². The summed E-state index contributed by atoms with van der Waals surface area (Å²) in [7, 11) is 0. The maximum Gasteiger partial charge on any atom is 0.234 e. The van der Waals surface area contributed by atoms with Crippen molar-refractivity contribution in [2.24, 2.45) is 11.8 Å². The second kappa shape index (κ2) is 5.29. The third-order valence-electron chi connectivity index (χ3n) is 3.88. The topological polar surface area (TPSA) is 49.4 Å². The molecule has 1 aromatic carbocycles. The minimum absolute atomic E-state index is 0.0641. The van der Waals surface area contributed by atoms with Crippen LogP contribution in [0.25, 0.3) is 0 Å². The van der Waals surface area contributed by atoms with Gasteiger partial charge in [0.2, 0.25) is 11.8 Å². The van der Waals surface area contributed by atoms with Crippen LogP contribution in [0, 0.1) is 11.8 Å². The number of amides is 2. The van der Waals surface area contributed by atoms with Gasteiger partial charge < -0.3 is 5.32 Å². The highest BCUT2D eigenvalue weighted by atomic mass is 35.5. The molecule has 0 spiro atoms. The maximum atomic E-state index is 12.2. The van der Waals surface area contributed by atoms with Gasteiger partial charge in [-0.25, -0.2) is 0 Å². The van der Waals surface area contributed by atoms with Crippen molar-refractivity contribution in [2.45, 2.75) is 12.8 Å². The standard InChI is InChI=1S/C15H15ClN2O2/c16-10-5-7-11(8-6-10)17-9-18-14(19)12-3-1-2-4-13(12)15(18)20/h1-2,5-8,12-13,17H,3-4,9H2/t12-,13-/m1/s1. The van der Waals surface area contributed by atoms with E-state index in [1.54, 1.807) is 12.1 Å². The van der Waals surface area contributed by atoms with Crippen molar-refractivity contribution in [2.75, 3.05) is 12.0 Å². The fourth-order valence-electron chi connectivity index (χ4n) is 2.76. The molecule has 0 radical (unpaired) electrons. The van der Waals surface area contributed by atoms with Crippen molar-refractivity contribution in [3.8, 4) is 0 Å². The van der Waals surface area contributed by atoms with E-state index in [0.29, 0.717) is 17.9 Å². The highest BCUT2D eigenvalue weighted by Gasteiger charge is 2.46. The van der Waals surface area contributed by atoms with E-state index >= 15 is 0 Å². The molecule has 1 saturated heterocycles. The van der Waals surface area contributed by atoms with E-state index in [9.17, 15) is 9.59 Å². The van der Waals surface area contributed by atoms with E-state index in [0.717, 1.165) is 5.69 Å². The second-order valence-electron chi connectivity index (χ2n) is 5.10. The maximum absolute atomic E-state index is 12.2. The van der Waals surface area contributed by atoms with Crippen molar-refractivity contribution in [1.29, 1.82) is 0 Å². The first kappa shape index (κ1) is 13.2. The molecule has 1 heterocycles. The number of hydrogen-bond donors (Lipinski definition) is 1. The van der Waals surface area contributed by atoms with Gasteiger partial charge in [0.1, 0.15) is 0 Å². The van der Waals surface area contributed by atoms with Gasteiger partial charge in [0.15, 0.2) is 0 Å². The Kier molecular flexibility index (Phi) is 3.49. The van der Waals surface area contributed by atoms with E-state index in [-0.39, 0.29) is 30.3 Å². The first-order valence-electron chi connectivity index (χ1n) is 6.66. The molecule has 0 aromatic heterocycles. The molecule has 20 heavy (non-hydrogen) atoms. The van der Waals surface area contributed by atoms with Gasteiger partial charge in [0.05, 0.1) is 18.5 Å². The number of carbonyl (C=O) groups is 2. The van der Waals surface area contributed by atoms with Crippen LogP contribution in [0.1, 0.15) is 12.8 Å². The lowest BCUT2D eigenvalue weighted by atomic mass is 9.85. The van der Waals surface area contributed by atoms with Gasteiger partial charge in [-0.3, -0.25) is 14.5 Å². The molecule has 1 aromatic rings. The Balaban J connectivity index is 1.67. The van der Waals surface area contributed by atoms with E-state index in [4.69, 9.17) is 11.6 Å². The van der Waals surface area contributed by atoms with Crippen molar-refractivity contribution >= 4 is 29.1 Å². The van der Waals surface area contributed by atoms with Gasteiger partial charge in [-0.1, -0.05) is 23.8 Å². The molecule has 2 amide bonds. The van der Waals surface area contributed by atoms with Gasteiger partial charge in [-0.2, -0.15) is 0 Å². The molecule has 0 unspecified atom stereocenters. The SMILES string of the molecule is O=C1[C@@H]2CC=CC[C@H]2C(=O)N1CNc1ccc(Cl)cc1. The lowest BCUT2D eigenvalue weighted by molar-refractivity contribution is -0.139. The number of fused-ring (bicyclic) bond motifs is 1. The number of rotatable bonds is 3. The summed E-state index contributed by atoms with van der Waals surface area (Å²) in [6.07, 6.45) is 5.32. The Morgan fingerprint density at radius 2 is 1.60 bits per heavy atom. The number of imide groups is 1. The van der Waals surface area contributed by atoms with Crippen LogP contribution in [0.5, 0.6) is 0 Å². The fourth-order valence-corrected chi connectivity index (χ4v) is 2.89. The zero-order chi connectivity index (χ0) is 14.1. The van der Waals surface area contributed by atoms with Crippen molar-refractivity contribution in [3.63, 3.8) is 0 Å². The summed E-state index contributed by atoms with van der Waals surface area (Å²) in [6.45, 7) is 0.215. The van der Waals surface area contributed by atoms with E-state index < -0.39 is 0 Å². The van der Waals surface area contributed by atoms with E-state index in [1.165, 1.54) is 4.90 Å². The molecular weight excluding hydrogens is 276 g/mol. The zero-order valence-corrected chi connectivity index (χ0v) is 11.6. The normalized spacial score (nSPS) is 24.9. The highest BCUT2D eigenvalue weighted by molar-refractivity contribution is 6.30. The van der Waals surface area contributed by atoms with Crippen LogP contribution in [0.2, 0.25) is 5.02 Å². The second-order valence-corrected chi connectivity index (χ2v) is 5.54. The minimum Gasteiger partial charge on any atom is -0.367 e. The molecule has 4 nitrogen and oxygen atoms in total. The largest absolute Gasteiger partial charge is 0.367 e. The number of nitrogens with zero attached hydrogens (tertiary/aromatic N) is 1. The number of allylic oxidation sites excluding steroid dienone is 2. The van der Waals surface area contributed by atoms with Crippen LogP contribution in [-0.2, 0) is 9.59 Å². The zero-order valence-electron chi connectivity index (χ0n) is 10.9. The monoisotopic (exact) mass is 290 g/mol. The van der Waals surface area contributed by atoms with Gasteiger partial charge in [-0.15, -0.1) is 0 Å². The summed E-state index contributed by atoms with van der Waals surface area (Å²) in [4.78, 5) is 25.8. The van der Waals surface area contributed by atoms with Crippen molar-refractivity contribution < 1.29 is 9.59 Å². The number of halogens is 1. The number of carbonyl (C=O) groups excluding carboxylic acids is 2. The quantitative estimate of drug-likeness (QED) is 0.688. The molecule has 0 bridgehead atoms. The predicted molar refractivity (Wildman–Crippen MR) is 77.1 cm³/mol. The van der Waals surface area contributed by atoms with Gasteiger partial charge in [-0.05, 0) is 37.1 Å². The third-order valence-corrected chi connectivity index (χ3v) is 4.14. The predicted octanol–water partition coefficient (Wildman–Crippen LogP) is 2.66. The van der Waals surface area contributed by atoms with Crippen LogP contribution in [0.15, 0.2) is 36.4 Å². The average Bonchev–Trinajstić information content (AvgIpc) is 2.71. The molecule has 1 N–H and O–H groups in total. The van der Waals surface area contributed by atoms with Crippen LogP contribution in [0.4, 0.5) is 5.69 Å². The molecule has 2 aliphatic rings. The van der Waals surface area contributed by atoms with Gasteiger partial charge in [0, 0.05) is 10.7 Å². The van der Waals surface area contributed by atoms with Crippen LogP contribution >= 0.6 is 11.6 Å². The summed E-state index contributed by atoms with van der Waals surface area (Å²) in [5.74, 6) is -0.462. The molecule has 3 rings (SSSR count). The molecule has 1 aliphatic carbocycles. The molecule has 1 aliphatic heterocycles. The Bertz CT molecular complexity index is 542. The summed E-state index contributed by atoms with van der Waals surface area (Å²) >= 11 is 5.81. The highest BCUT2D eigenvalue weighted by Crippen LogP contribution is 2.34. The molecule has 5 heteroatoms. The Labute approximate surface area is 122 Å². The number of hydrogen-bond acceptors (Lipinski definition) is 3. The minimum atomic E-state index is -0.167. The lowest BCUT2D eigenvalue weighted by Gasteiger charge is -2.16. The van der Waals surface area contributed by atoms with Gasteiger partial charge >= 0.3 is 0 Å². The summed E-state index contributed by atoms with van der Waals surface area (Å²) in [5.41, 5.74) is 0.836. The van der Waals surface area contributed by atoms with Gasteiger partial charge in [0.25, 0.3) is 0 Å².